The number of hydrogen-bond acceptors (Lipinski definition) is 5. The first-order chi connectivity index (χ1) is 22.2. The zero-order chi connectivity index (χ0) is 33.6. The minimum atomic E-state index is -3.36. The van der Waals surface area contributed by atoms with Crippen molar-refractivity contribution in [3.8, 4) is 5.75 Å². The van der Waals surface area contributed by atoms with Crippen LogP contribution in [0.1, 0.15) is 76.8 Å². The smallest absolute Gasteiger partial charge is 0.158 e. The third-order valence-corrected chi connectivity index (χ3v) is 20.4. The summed E-state index contributed by atoms with van der Waals surface area (Å²) in [5.74, 6) is 1.60. The number of thiol groups is 1. The van der Waals surface area contributed by atoms with Crippen molar-refractivity contribution in [1.29, 1.82) is 0 Å². The molecule has 5 atom stereocenters. The first-order valence-corrected chi connectivity index (χ1v) is 22.8. The summed E-state index contributed by atoms with van der Waals surface area (Å²) in [6.07, 6.45) is 10.3. The van der Waals surface area contributed by atoms with Crippen LogP contribution in [0, 0.1) is 11.8 Å². The van der Waals surface area contributed by atoms with Crippen molar-refractivity contribution in [3.05, 3.63) is 65.2 Å². The Morgan fingerprint density at radius 1 is 1.19 bits per heavy atom. The number of nitrogens with zero attached hydrogens (tertiary/aromatic N) is 1. The maximum Gasteiger partial charge on any atom is 0.158 e. The van der Waals surface area contributed by atoms with E-state index in [0.29, 0.717) is 23.3 Å². The lowest BCUT2D eigenvalue weighted by molar-refractivity contribution is -0.197. The minimum Gasteiger partial charge on any atom is -0.490 e. The lowest BCUT2D eigenvalue weighted by Gasteiger charge is -2.46. The van der Waals surface area contributed by atoms with E-state index in [0.717, 1.165) is 87.5 Å². The van der Waals surface area contributed by atoms with Gasteiger partial charge in [0.05, 0.1) is 18.4 Å². The summed E-state index contributed by atoms with van der Waals surface area (Å²) in [5, 5.41) is 7.49. The molecule has 4 aliphatic rings. The van der Waals surface area contributed by atoms with Crippen LogP contribution < -0.4 is 19.2 Å². The highest BCUT2D eigenvalue weighted by atomic mass is 35.5. The molecule has 2 aliphatic carbocycles. The number of hydrogen-bond donors (Lipinski definition) is 3. The zero-order valence-electron chi connectivity index (χ0n) is 29.0. The Morgan fingerprint density at radius 2 is 2.00 bits per heavy atom. The lowest BCUT2D eigenvalue weighted by atomic mass is 9.68. The predicted octanol–water partition coefficient (Wildman–Crippen LogP) is 7.70. The van der Waals surface area contributed by atoms with Crippen molar-refractivity contribution in [2.24, 2.45) is 17.0 Å². The van der Waals surface area contributed by atoms with Crippen LogP contribution in [-0.4, -0.2) is 51.1 Å². The number of aryl methyl sites for hydroxylation is 1. The molecule has 2 unspecified atom stereocenters. The van der Waals surface area contributed by atoms with E-state index in [9.17, 15) is 4.21 Å². The van der Waals surface area contributed by atoms with Crippen LogP contribution in [0.2, 0.25) is 23.2 Å². The van der Waals surface area contributed by atoms with Gasteiger partial charge in [-0.3, -0.25) is 13.7 Å². The SMILES string of the molecule is C=CC(OC1CCCCO1)[C@@H]1CC[C@H]1CN1C[C@@]2(CCCc3cc(Cl)ccc32)COc2ccc([SH](N)(=O)N[Si](C)(C)C(C)(C)C)cc21. The fourth-order valence-corrected chi connectivity index (χ4v) is 13.8. The zero-order valence-corrected chi connectivity index (χ0v) is 31.7. The Kier molecular flexibility index (Phi) is 10.1. The van der Waals surface area contributed by atoms with Crippen molar-refractivity contribution in [2.75, 3.05) is 31.2 Å². The van der Waals surface area contributed by atoms with Gasteiger partial charge in [0.2, 0.25) is 0 Å². The molecule has 2 aromatic carbocycles. The van der Waals surface area contributed by atoms with E-state index < -0.39 is 18.5 Å². The standard InChI is InChI=1S/C37H56ClN3O4SSi/c1-7-33(45-35-12-8-9-20-43-35)30-16-13-27(30)23-41-24-37(19-10-11-26-21-28(38)14-17-31(26)37)25-44-34-18-15-29(22-32(34)41)46(39,42)40-47(5,6)36(2,3)4/h7,14-15,17-18,21-22,27,30,33,35,46H,1,8-13,16,19-20,23-25H2,2-6H3,(H3,39,40,42)/t27-,30+,33?,35?,37-/m0/s1. The van der Waals surface area contributed by atoms with Crippen molar-refractivity contribution < 1.29 is 18.4 Å². The van der Waals surface area contributed by atoms with Gasteiger partial charge in [0.15, 0.2) is 6.29 Å². The van der Waals surface area contributed by atoms with Gasteiger partial charge in [-0.2, -0.15) is 0 Å². The number of nitrogens with one attached hydrogen (secondary N) is 1. The molecule has 1 spiro atoms. The van der Waals surface area contributed by atoms with Crippen LogP contribution in [0.15, 0.2) is 53.9 Å². The summed E-state index contributed by atoms with van der Waals surface area (Å²) in [7, 11) is -5.52. The summed E-state index contributed by atoms with van der Waals surface area (Å²) in [5.41, 5.74) is 3.44. The number of fused-ring (bicyclic) bond motifs is 3. The van der Waals surface area contributed by atoms with Gasteiger partial charge < -0.3 is 19.1 Å². The van der Waals surface area contributed by atoms with E-state index in [1.807, 2.05) is 30.3 Å². The summed E-state index contributed by atoms with van der Waals surface area (Å²) in [6.45, 7) is 18.2. The lowest BCUT2D eigenvalue weighted by Crippen LogP contribution is -2.59. The molecular formula is C37H56ClN3O4SSi. The molecule has 2 heterocycles. The van der Waals surface area contributed by atoms with Crippen LogP contribution in [0.3, 0.4) is 0 Å². The maximum atomic E-state index is 14.3. The number of halogens is 1. The molecule has 260 valence electrons. The molecular weight excluding hydrogens is 646 g/mol. The average molecular weight is 702 g/mol. The molecule has 3 N–H and O–H groups in total. The van der Waals surface area contributed by atoms with Gasteiger partial charge in [-0.1, -0.05) is 57.6 Å². The van der Waals surface area contributed by atoms with Crippen LogP contribution in [0.5, 0.6) is 5.75 Å². The third kappa shape index (κ3) is 7.28. The number of anilines is 1. The molecule has 2 aromatic rings. The van der Waals surface area contributed by atoms with Crippen LogP contribution in [0.25, 0.3) is 0 Å². The van der Waals surface area contributed by atoms with E-state index in [2.05, 4.69) is 61.9 Å². The Morgan fingerprint density at radius 3 is 2.68 bits per heavy atom. The molecule has 2 fully saturated rings. The summed E-state index contributed by atoms with van der Waals surface area (Å²) in [4.78, 5) is 3.16. The molecule has 2 aliphatic heterocycles. The van der Waals surface area contributed by atoms with Gasteiger partial charge in [0.1, 0.15) is 14.0 Å². The predicted molar refractivity (Wildman–Crippen MR) is 197 cm³/mol. The second-order valence-electron chi connectivity index (χ2n) is 16.0. The van der Waals surface area contributed by atoms with E-state index in [4.69, 9.17) is 31.0 Å². The van der Waals surface area contributed by atoms with E-state index >= 15 is 0 Å². The number of rotatable bonds is 9. The Labute approximate surface area is 289 Å². The highest BCUT2D eigenvalue weighted by Crippen LogP contribution is 2.47. The molecule has 6 rings (SSSR count). The van der Waals surface area contributed by atoms with Crippen molar-refractivity contribution >= 4 is 35.8 Å². The van der Waals surface area contributed by atoms with Gasteiger partial charge in [-0.15, -0.1) is 6.58 Å². The first kappa shape index (κ1) is 35.1. The summed E-state index contributed by atoms with van der Waals surface area (Å²) in [6, 6.07) is 12.3. The molecule has 0 radical (unpaired) electrons. The second kappa shape index (κ2) is 13.5. The third-order valence-electron chi connectivity index (χ3n) is 11.8. The fraction of sp³-hybridized carbons (Fsp3) is 0.622. The van der Waals surface area contributed by atoms with Gasteiger partial charge in [-0.25, -0.2) is 0 Å². The Bertz CT molecular complexity index is 1510. The topological polar surface area (TPSA) is 86.1 Å². The second-order valence-corrected chi connectivity index (χ2v) is 23.9. The Hall–Kier alpha value is -1.72. The molecule has 7 nitrogen and oxygen atoms in total. The van der Waals surface area contributed by atoms with Crippen molar-refractivity contribution in [3.63, 3.8) is 0 Å². The fourth-order valence-electron chi connectivity index (χ4n) is 7.82. The van der Waals surface area contributed by atoms with Crippen molar-refractivity contribution in [2.45, 2.75) is 113 Å². The molecule has 10 heteroatoms. The summed E-state index contributed by atoms with van der Waals surface area (Å²) < 4.78 is 37.0. The van der Waals surface area contributed by atoms with Gasteiger partial charge in [0, 0.05) is 45.3 Å². The molecule has 0 aromatic heterocycles. The van der Waals surface area contributed by atoms with Crippen LogP contribution in [-0.2, 0) is 31.6 Å². The normalized spacial score (nSPS) is 27.6. The van der Waals surface area contributed by atoms with Crippen LogP contribution >= 0.6 is 11.6 Å². The van der Waals surface area contributed by atoms with E-state index in [-0.39, 0.29) is 22.8 Å². The highest BCUT2D eigenvalue weighted by molar-refractivity contribution is 8.00. The Balaban J connectivity index is 1.34. The van der Waals surface area contributed by atoms with Gasteiger partial charge in [0.25, 0.3) is 0 Å². The van der Waals surface area contributed by atoms with Crippen molar-refractivity contribution in [1.82, 2.24) is 4.39 Å². The molecule has 47 heavy (non-hydrogen) atoms. The minimum absolute atomic E-state index is 0.0157. The monoisotopic (exact) mass is 701 g/mol. The van der Waals surface area contributed by atoms with Gasteiger partial charge in [-0.05, 0) is 110 Å². The molecule has 0 bridgehead atoms. The quantitative estimate of drug-likeness (QED) is 0.142. The summed E-state index contributed by atoms with van der Waals surface area (Å²) >= 11 is 6.48. The first-order valence-electron chi connectivity index (χ1n) is 17.6. The van der Waals surface area contributed by atoms with E-state index in [1.165, 1.54) is 11.1 Å². The number of nitrogens with two attached hydrogens (primary N) is 1. The van der Waals surface area contributed by atoms with Gasteiger partial charge >= 0.3 is 0 Å². The molecule has 1 saturated heterocycles. The maximum absolute atomic E-state index is 14.3. The molecule has 0 amide bonds. The molecule has 1 saturated carbocycles. The average Bonchev–Trinajstić information content (AvgIpc) is 3.15. The largest absolute Gasteiger partial charge is 0.490 e. The number of benzene rings is 2. The van der Waals surface area contributed by atoms with Crippen LogP contribution in [0.4, 0.5) is 5.69 Å². The number of ether oxygens (including phenoxy) is 3. The highest BCUT2D eigenvalue weighted by Gasteiger charge is 2.45. The van der Waals surface area contributed by atoms with E-state index in [1.54, 1.807) is 0 Å².